The molecule has 33 heavy (non-hydrogen) atoms. The quantitative estimate of drug-likeness (QED) is 0.202. The van der Waals surface area contributed by atoms with E-state index in [2.05, 4.69) is 20.9 Å². The zero-order chi connectivity index (χ0) is 24.2. The van der Waals surface area contributed by atoms with Crippen molar-refractivity contribution in [2.75, 3.05) is 18.4 Å². The molecule has 4 N–H and O–H groups in total. The van der Waals surface area contributed by atoms with Crippen molar-refractivity contribution in [3.63, 3.8) is 0 Å². The van der Waals surface area contributed by atoms with Crippen molar-refractivity contribution < 1.29 is 24.4 Å². The van der Waals surface area contributed by atoms with Crippen LogP contribution in [0.1, 0.15) is 42.9 Å². The fourth-order valence-corrected chi connectivity index (χ4v) is 3.07. The van der Waals surface area contributed by atoms with Gasteiger partial charge in [0.2, 0.25) is 11.8 Å². The van der Waals surface area contributed by atoms with Crippen LogP contribution in [0, 0.1) is 17.0 Å². The summed E-state index contributed by atoms with van der Waals surface area (Å²) in [7, 11) is 0. The highest BCUT2D eigenvalue weighted by Gasteiger charge is 2.21. The number of benzene rings is 1. The number of nitrogens with one attached hydrogen (secondary N) is 3. The Kier molecular flexibility index (Phi) is 9.75. The van der Waals surface area contributed by atoms with Crippen LogP contribution in [0.25, 0.3) is 0 Å². The van der Waals surface area contributed by atoms with Crippen molar-refractivity contribution in [2.45, 2.75) is 38.6 Å². The largest absolute Gasteiger partial charge is 0.481 e. The average molecular weight is 457 g/mol. The van der Waals surface area contributed by atoms with Gasteiger partial charge in [-0.05, 0) is 37.5 Å². The van der Waals surface area contributed by atoms with E-state index in [9.17, 15) is 24.5 Å². The highest BCUT2D eigenvalue weighted by atomic mass is 16.6. The van der Waals surface area contributed by atoms with E-state index in [1.165, 1.54) is 18.2 Å². The molecule has 2 amide bonds. The van der Waals surface area contributed by atoms with Crippen molar-refractivity contribution in [3.05, 3.63) is 63.8 Å². The molecule has 11 nitrogen and oxygen atoms in total. The molecule has 0 saturated carbocycles. The van der Waals surface area contributed by atoms with Crippen molar-refractivity contribution in [1.29, 1.82) is 0 Å². The summed E-state index contributed by atoms with van der Waals surface area (Å²) in [6.45, 7) is 1.90. The molecule has 0 fully saturated rings. The maximum absolute atomic E-state index is 12.3. The van der Waals surface area contributed by atoms with Gasteiger partial charge in [-0.1, -0.05) is 18.2 Å². The monoisotopic (exact) mass is 457 g/mol. The molecule has 0 saturated heterocycles. The highest BCUT2D eigenvalue weighted by Crippen LogP contribution is 2.25. The van der Waals surface area contributed by atoms with E-state index in [1.54, 1.807) is 13.1 Å². The predicted molar refractivity (Wildman–Crippen MR) is 121 cm³/mol. The number of carbonyl (C=O) groups excluding carboxylic acids is 2. The predicted octanol–water partition coefficient (Wildman–Crippen LogP) is 2.33. The molecule has 2 rings (SSSR count). The van der Waals surface area contributed by atoms with Crippen LogP contribution in [0.4, 0.5) is 11.5 Å². The topological polar surface area (TPSA) is 164 Å². The van der Waals surface area contributed by atoms with Crippen LogP contribution >= 0.6 is 0 Å². The fraction of sp³-hybridized carbons (Fsp3) is 0.364. The lowest BCUT2D eigenvalue weighted by atomic mass is 10.0. The summed E-state index contributed by atoms with van der Waals surface area (Å²) in [6.07, 6.45) is 2.82. The third-order valence-corrected chi connectivity index (χ3v) is 4.79. The first-order valence-electron chi connectivity index (χ1n) is 10.4. The summed E-state index contributed by atoms with van der Waals surface area (Å²) in [4.78, 5) is 50.2. The number of carbonyl (C=O) groups is 3. The Hall–Kier alpha value is -4.02. The number of hydrogen-bond acceptors (Lipinski definition) is 7. The number of amides is 2. The minimum absolute atomic E-state index is 0.164. The Bertz CT molecular complexity index is 982. The Morgan fingerprint density at radius 2 is 1.94 bits per heavy atom. The number of anilines is 1. The summed E-state index contributed by atoms with van der Waals surface area (Å²) in [6, 6.07) is 8.85. The Balaban J connectivity index is 1.79. The third-order valence-electron chi connectivity index (χ3n) is 4.79. The summed E-state index contributed by atoms with van der Waals surface area (Å²) in [5.74, 6) is -1.31. The summed E-state index contributed by atoms with van der Waals surface area (Å²) in [5, 5.41) is 28.5. The molecule has 0 spiro atoms. The number of hydrogen-bond donors (Lipinski definition) is 4. The molecule has 0 bridgehead atoms. The molecule has 0 aliphatic rings. The number of pyridine rings is 1. The number of nitro groups is 1. The van der Waals surface area contributed by atoms with Crippen molar-refractivity contribution in [2.24, 2.45) is 0 Å². The van der Waals surface area contributed by atoms with Gasteiger partial charge in [0.25, 0.3) is 5.69 Å². The Morgan fingerprint density at radius 1 is 1.15 bits per heavy atom. The molecule has 0 aliphatic carbocycles. The van der Waals surface area contributed by atoms with Gasteiger partial charge < -0.3 is 21.1 Å². The molecule has 1 heterocycles. The van der Waals surface area contributed by atoms with Gasteiger partial charge in [0.1, 0.15) is 5.82 Å². The minimum atomic E-state index is -1.17. The molecule has 2 aromatic rings. The zero-order valence-corrected chi connectivity index (χ0v) is 18.2. The molecule has 1 unspecified atom stereocenters. The van der Waals surface area contributed by atoms with Gasteiger partial charge in [0.15, 0.2) is 0 Å². The first-order chi connectivity index (χ1) is 15.8. The molecule has 1 aromatic heterocycles. The van der Waals surface area contributed by atoms with Crippen molar-refractivity contribution in [3.8, 4) is 0 Å². The number of rotatable bonds is 13. The smallest absolute Gasteiger partial charge is 0.305 e. The maximum atomic E-state index is 12.3. The minimum Gasteiger partial charge on any atom is -0.481 e. The van der Waals surface area contributed by atoms with Crippen molar-refractivity contribution in [1.82, 2.24) is 15.6 Å². The van der Waals surface area contributed by atoms with E-state index in [4.69, 9.17) is 5.11 Å². The van der Waals surface area contributed by atoms with Crippen LogP contribution in [-0.4, -0.2) is 45.9 Å². The van der Waals surface area contributed by atoms with Gasteiger partial charge in [-0.25, -0.2) is 4.98 Å². The maximum Gasteiger partial charge on any atom is 0.305 e. The summed E-state index contributed by atoms with van der Waals surface area (Å²) >= 11 is 0. The lowest BCUT2D eigenvalue weighted by Crippen LogP contribution is -2.39. The number of aryl methyl sites for hydroxylation is 1. The number of nitro benzene ring substituents is 1. The molecule has 176 valence electrons. The number of unbranched alkanes of at least 4 members (excludes halogenated alkanes) is 1. The average Bonchev–Trinajstić information content (AvgIpc) is 2.77. The zero-order valence-electron chi connectivity index (χ0n) is 18.2. The summed E-state index contributed by atoms with van der Waals surface area (Å²) in [5.41, 5.74) is 0.560. The van der Waals surface area contributed by atoms with Crippen LogP contribution in [0.2, 0.25) is 0 Å². The van der Waals surface area contributed by atoms with E-state index >= 15 is 0 Å². The number of aromatic nitrogens is 1. The summed E-state index contributed by atoms with van der Waals surface area (Å²) < 4.78 is 0. The number of carboxylic acids is 1. The second kappa shape index (κ2) is 12.7. The van der Waals surface area contributed by atoms with E-state index in [-0.39, 0.29) is 24.6 Å². The molecule has 0 radical (unpaired) electrons. The van der Waals surface area contributed by atoms with Gasteiger partial charge in [-0.3, -0.25) is 24.5 Å². The molecule has 0 aliphatic heterocycles. The number of aliphatic carboxylic acids is 1. The van der Waals surface area contributed by atoms with Crippen LogP contribution in [0.3, 0.4) is 0 Å². The normalized spacial score (nSPS) is 11.3. The third kappa shape index (κ3) is 8.93. The van der Waals surface area contributed by atoms with Crippen LogP contribution < -0.4 is 16.0 Å². The van der Waals surface area contributed by atoms with Gasteiger partial charge >= 0.3 is 5.97 Å². The molecular formula is C22H27N5O6. The van der Waals surface area contributed by atoms with E-state index in [0.717, 1.165) is 12.2 Å². The van der Waals surface area contributed by atoms with E-state index in [1.807, 2.05) is 18.2 Å². The van der Waals surface area contributed by atoms with Crippen molar-refractivity contribution >= 4 is 29.3 Å². The SMILES string of the molecule is Cc1ccc(C(CC(=O)O)NC(=O)CNC(=O)CCCCNc2ccccn2)cc1[N+](=O)[O-]. The van der Waals surface area contributed by atoms with Gasteiger partial charge in [-0.2, -0.15) is 0 Å². The van der Waals surface area contributed by atoms with Gasteiger partial charge in [0, 0.05) is 30.8 Å². The molecular weight excluding hydrogens is 430 g/mol. The second-order valence-corrected chi connectivity index (χ2v) is 7.40. The molecule has 1 atom stereocenters. The van der Waals surface area contributed by atoms with Crippen LogP contribution in [0.15, 0.2) is 42.6 Å². The first kappa shape index (κ1) is 25.2. The van der Waals surface area contributed by atoms with Gasteiger partial charge in [-0.15, -0.1) is 0 Å². The number of carboxylic acid groups (broad SMARTS) is 1. The molecule has 11 heteroatoms. The Morgan fingerprint density at radius 3 is 2.61 bits per heavy atom. The number of nitrogens with zero attached hydrogens (tertiary/aromatic N) is 2. The van der Waals surface area contributed by atoms with Gasteiger partial charge in [0.05, 0.1) is 23.9 Å². The second-order valence-electron chi connectivity index (χ2n) is 7.40. The standard InChI is InChI=1S/C22H27N5O6/c1-15-8-9-16(12-18(15)27(32)33)17(13-22(30)31)26-21(29)14-25-20(28)7-3-5-11-24-19-6-2-4-10-23-19/h2,4,6,8-10,12,17H,3,5,7,11,13-14H2,1H3,(H,23,24)(H,25,28)(H,26,29)(H,30,31). The lowest BCUT2D eigenvalue weighted by molar-refractivity contribution is -0.385. The van der Waals surface area contributed by atoms with Crippen LogP contribution in [-0.2, 0) is 14.4 Å². The lowest BCUT2D eigenvalue weighted by Gasteiger charge is -2.18. The fourth-order valence-electron chi connectivity index (χ4n) is 3.07. The van der Waals surface area contributed by atoms with E-state index in [0.29, 0.717) is 24.1 Å². The van der Waals surface area contributed by atoms with E-state index < -0.39 is 29.3 Å². The first-order valence-corrected chi connectivity index (χ1v) is 10.4. The molecule has 1 aromatic carbocycles. The Labute approximate surface area is 190 Å². The van der Waals surface area contributed by atoms with Crippen LogP contribution in [0.5, 0.6) is 0 Å². The highest BCUT2D eigenvalue weighted by molar-refractivity contribution is 5.85.